The molecule has 0 bridgehead atoms. The third kappa shape index (κ3) is 5.35. The van der Waals surface area contributed by atoms with Crippen molar-refractivity contribution < 1.29 is 23.8 Å². The molecule has 150 valence electrons. The molecule has 2 rings (SSSR count). The second-order valence-corrected chi connectivity index (χ2v) is 5.80. The van der Waals surface area contributed by atoms with Crippen molar-refractivity contribution >= 4 is 18.0 Å². The van der Waals surface area contributed by atoms with Crippen LogP contribution in [0.15, 0.2) is 36.8 Å². The zero-order valence-electron chi connectivity index (χ0n) is 16.5. The Morgan fingerprint density at radius 3 is 2.54 bits per heavy atom. The highest BCUT2D eigenvalue weighted by Crippen LogP contribution is 2.29. The fourth-order valence-corrected chi connectivity index (χ4v) is 2.55. The number of aromatic nitrogens is 2. The van der Waals surface area contributed by atoms with Gasteiger partial charge in [-0.3, -0.25) is 4.79 Å². The average Bonchev–Trinajstić information content (AvgIpc) is 3.11. The minimum atomic E-state index is -0.950. The minimum Gasteiger partial charge on any atom is -0.490 e. The summed E-state index contributed by atoms with van der Waals surface area (Å²) in [4.78, 5) is 28.4. The van der Waals surface area contributed by atoms with Crippen LogP contribution >= 0.6 is 0 Å². The zero-order chi connectivity index (χ0) is 20.5. The molecule has 1 atom stereocenters. The molecule has 1 unspecified atom stereocenters. The smallest absolute Gasteiger partial charge is 0.334 e. The molecule has 0 saturated heterocycles. The second kappa shape index (κ2) is 10.1. The van der Waals surface area contributed by atoms with Crippen LogP contribution in [-0.2, 0) is 21.4 Å². The van der Waals surface area contributed by atoms with Crippen LogP contribution in [0.2, 0.25) is 0 Å². The summed E-state index contributed by atoms with van der Waals surface area (Å²) < 4.78 is 17.5. The lowest BCUT2D eigenvalue weighted by Crippen LogP contribution is -2.34. The molecule has 0 spiro atoms. The van der Waals surface area contributed by atoms with Gasteiger partial charge in [-0.05, 0) is 37.6 Å². The Balaban J connectivity index is 2.14. The summed E-state index contributed by atoms with van der Waals surface area (Å²) in [6.07, 6.45) is 6.03. The summed E-state index contributed by atoms with van der Waals surface area (Å²) >= 11 is 0. The lowest BCUT2D eigenvalue weighted by Gasteiger charge is -2.15. The number of aryl methyl sites for hydroxylation is 1. The highest BCUT2D eigenvalue weighted by atomic mass is 16.5. The average molecular weight is 387 g/mol. The second-order valence-electron chi connectivity index (χ2n) is 5.80. The maximum absolute atomic E-state index is 12.3. The first-order chi connectivity index (χ1) is 13.5. The van der Waals surface area contributed by atoms with Gasteiger partial charge in [0.2, 0.25) is 5.91 Å². The molecule has 1 aromatic carbocycles. The van der Waals surface area contributed by atoms with Crippen molar-refractivity contribution in [3.05, 3.63) is 48.1 Å². The minimum absolute atomic E-state index is 0.441. The Hall–Kier alpha value is -3.29. The molecular formula is C20H25N3O5. The van der Waals surface area contributed by atoms with E-state index in [1.165, 1.54) is 19.4 Å². The third-order valence-electron chi connectivity index (χ3n) is 3.87. The molecule has 1 heterocycles. The Bertz CT molecular complexity index is 844. The van der Waals surface area contributed by atoms with Crippen molar-refractivity contribution in [1.82, 2.24) is 14.9 Å². The highest BCUT2D eigenvalue weighted by Gasteiger charge is 2.25. The van der Waals surface area contributed by atoms with E-state index in [4.69, 9.17) is 14.2 Å². The van der Waals surface area contributed by atoms with Gasteiger partial charge in [-0.25, -0.2) is 9.78 Å². The number of hydrogen-bond donors (Lipinski definition) is 1. The van der Waals surface area contributed by atoms with Crippen LogP contribution in [0, 0.1) is 0 Å². The predicted molar refractivity (Wildman–Crippen MR) is 104 cm³/mol. The number of nitrogens with zero attached hydrogens (tertiary/aromatic N) is 2. The standard InChI is InChI=1S/C20H25N3O5/c1-5-27-16-9-7-14(11-17(16)28-6-2)8-10-18(24)22-19(20(25)26-4)15-12-21-13-23(15)3/h7-13,19H,5-6H2,1-4H3,(H,22,24). The van der Waals surface area contributed by atoms with Crippen molar-refractivity contribution in [3.8, 4) is 11.5 Å². The molecular weight excluding hydrogens is 362 g/mol. The summed E-state index contributed by atoms with van der Waals surface area (Å²) in [7, 11) is 3.00. The summed E-state index contributed by atoms with van der Waals surface area (Å²) in [5.74, 6) is 0.232. The molecule has 1 aromatic heterocycles. The number of benzene rings is 1. The largest absolute Gasteiger partial charge is 0.490 e. The number of esters is 1. The first kappa shape index (κ1) is 21.0. The molecule has 0 fully saturated rings. The van der Waals surface area contributed by atoms with Crippen LogP contribution in [0.5, 0.6) is 11.5 Å². The van der Waals surface area contributed by atoms with E-state index < -0.39 is 17.9 Å². The Labute approximate surface area is 164 Å². The first-order valence-corrected chi connectivity index (χ1v) is 8.92. The molecule has 0 aliphatic carbocycles. The quantitative estimate of drug-likeness (QED) is 0.524. The third-order valence-corrected chi connectivity index (χ3v) is 3.87. The van der Waals surface area contributed by atoms with Crippen LogP contribution in [-0.4, -0.2) is 41.8 Å². The SMILES string of the molecule is CCOc1ccc(C=CC(=O)NC(C(=O)OC)c2cncn2C)cc1OCC. The van der Waals surface area contributed by atoms with Gasteiger partial charge in [0.1, 0.15) is 0 Å². The summed E-state index contributed by atoms with van der Waals surface area (Å²) in [6.45, 7) is 4.81. The van der Waals surface area contributed by atoms with Gasteiger partial charge in [-0.2, -0.15) is 0 Å². The van der Waals surface area contributed by atoms with E-state index in [-0.39, 0.29) is 0 Å². The van der Waals surface area contributed by atoms with Crippen molar-refractivity contribution in [3.63, 3.8) is 0 Å². The molecule has 1 amide bonds. The summed E-state index contributed by atoms with van der Waals surface area (Å²) in [6, 6.07) is 4.45. The van der Waals surface area contributed by atoms with Crippen molar-refractivity contribution in [2.24, 2.45) is 7.05 Å². The van der Waals surface area contributed by atoms with E-state index in [1.54, 1.807) is 36.2 Å². The first-order valence-electron chi connectivity index (χ1n) is 8.92. The van der Waals surface area contributed by atoms with Gasteiger partial charge in [0.15, 0.2) is 17.5 Å². The van der Waals surface area contributed by atoms with Crippen LogP contribution in [0.1, 0.15) is 31.1 Å². The summed E-state index contributed by atoms with van der Waals surface area (Å²) in [5.41, 5.74) is 1.28. The number of imidazole rings is 1. The van der Waals surface area contributed by atoms with Gasteiger partial charge in [0, 0.05) is 13.1 Å². The number of carbonyl (C=O) groups excluding carboxylic acids is 2. The normalized spacial score (nSPS) is 11.9. The van der Waals surface area contributed by atoms with Gasteiger partial charge < -0.3 is 24.1 Å². The molecule has 0 aliphatic rings. The lowest BCUT2D eigenvalue weighted by molar-refractivity contribution is -0.145. The Kier molecular flexibility index (Phi) is 7.62. The van der Waals surface area contributed by atoms with Gasteiger partial charge in [-0.15, -0.1) is 0 Å². The molecule has 8 nitrogen and oxygen atoms in total. The molecule has 0 saturated carbocycles. The number of amides is 1. The fourth-order valence-electron chi connectivity index (χ4n) is 2.55. The van der Waals surface area contributed by atoms with E-state index >= 15 is 0 Å². The Morgan fingerprint density at radius 2 is 1.93 bits per heavy atom. The number of methoxy groups -OCH3 is 1. The maximum Gasteiger partial charge on any atom is 0.334 e. The highest BCUT2D eigenvalue weighted by molar-refractivity contribution is 5.94. The number of nitrogens with one attached hydrogen (secondary N) is 1. The number of carbonyl (C=O) groups is 2. The molecule has 0 radical (unpaired) electrons. The van der Waals surface area contributed by atoms with E-state index in [1.807, 2.05) is 19.9 Å². The molecule has 1 N–H and O–H groups in total. The maximum atomic E-state index is 12.3. The Morgan fingerprint density at radius 1 is 1.21 bits per heavy atom. The summed E-state index contributed by atoms with van der Waals surface area (Å²) in [5, 5.41) is 2.64. The molecule has 28 heavy (non-hydrogen) atoms. The van der Waals surface area contributed by atoms with E-state index in [2.05, 4.69) is 10.3 Å². The molecule has 2 aromatic rings. The van der Waals surface area contributed by atoms with Crippen molar-refractivity contribution in [2.45, 2.75) is 19.9 Å². The number of hydrogen-bond acceptors (Lipinski definition) is 6. The van der Waals surface area contributed by atoms with E-state index in [9.17, 15) is 9.59 Å². The predicted octanol–water partition coefficient (Wildman–Crippen LogP) is 2.26. The van der Waals surface area contributed by atoms with Crippen LogP contribution in [0.25, 0.3) is 6.08 Å². The van der Waals surface area contributed by atoms with Gasteiger partial charge in [0.25, 0.3) is 0 Å². The monoisotopic (exact) mass is 387 g/mol. The molecule has 8 heteroatoms. The van der Waals surface area contributed by atoms with Crippen molar-refractivity contribution in [2.75, 3.05) is 20.3 Å². The number of rotatable bonds is 9. The molecule has 0 aliphatic heterocycles. The zero-order valence-corrected chi connectivity index (χ0v) is 16.5. The van der Waals surface area contributed by atoms with Gasteiger partial charge in [0.05, 0.1) is 38.5 Å². The van der Waals surface area contributed by atoms with E-state index in [0.29, 0.717) is 30.4 Å². The fraction of sp³-hybridized carbons (Fsp3) is 0.350. The topological polar surface area (TPSA) is 91.7 Å². The van der Waals surface area contributed by atoms with Crippen LogP contribution < -0.4 is 14.8 Å². The lowest BCUT2D eigenvalue weighted by atomic mass is 10.1. The van der Waals surface area contributed by atoms with Crippen molar-refractivity contribution in [1.29, 1.82) is 0 Å². The van der Waals surface area contributed by atoms with Crippen LogP contribution in [0.4, 0.5) is 0 Å². The van der Waals surface area contributed by atoms with E-state index in [0.717, 1.165) is 5.56 Å². The number of ether oxygens (including phenoxy) is 3. The van der Waals surface area contributed by atoms with Gasteiger partial charge >= 0.3 is 5.97 Å². The van der Waals surface area contributed by atoms with Crippen LogP contribution in [0.3, 0.4) is 0 Å². The van der Waals surface area contributed by atoms with Gasteiger partial charge in [-0.1, -0.05) is 6.07 Å².